The number of aromatic nitrogens is 1. The first-order valence-corrected chi connectivity index (χ1v) is 5.19. The van der Waals surface area contributed by atoms with E-state index in [1.54, 1.807) is 33.5 Å². The maximum Gasteiger partial charge on any atom is 0.159 e. The Kier molecular flexibility index (Phi) is 4.41. The normalized spacial score (nSPS) is 15.1. The Hall–Kier alpha value is -0.970. The predicted octanol–water partition coefficient (Wildman–Crippen LogP) is 1.61. The molecular weight excluding hydrogens is 206 g/mol. The second-order valence-electron chi connectivity index (χ2n) is 4.13. The summed E-state index contributed by atoms with van der Waals surface area (Å²) in [6.07, 6.45) is 3.36. The first kappa shape index (κ1) is 13.1. The van der Waals surface area contributed by atoms with Crippen LogP contribution in [0.2, 0.25) is 0 Å². The molecule has 0 aliphatic carbocycles. The van der Waals surface area contributed by atoms with E-state index in [-0.39, 0.29) is 0 Å². The standard InChI is InChI=1S/C12H19NO3/c1-9-5-10(8-13-7-9)12(2,14)6-11(15-3)16-4/h5,7-8,11,14H,6H2,1-4H3. The summed E-state index contributed by atoms with van der Waals surface area (Å²) in [6, 6.07) is 1.91. The Labute approximate surface area is 96.2 Å². The number of pyridine rings is 1. The molecule has 0 fully saturated rings. The van der Waals surface area contributed by atoms with Gasteiger partial charge in [-0.2, -0.15) is 0 Å². The topological polar surface area (TPSA) is 51.6 Å². The molecule has 0 aliphatic rings. The molecule has 1 aromatic heterocycles. The third-order valence-electron chi connectivity index (χ3n) is 2.59. The van der Waals surface area contributed by atoms with Crippen molar-refractivity contribution in [2.24, 2.45) is 0 Å². The average Bonchev–Trinajstić information content (AvgIpc) is 2.26. The minimum atomic E-state index is -1.00. The van der Waals surface area contributed by atoms with Gasteiger partial charge in [0, 0.05) is 38.6 Å². The van der Waals surface area contributed by atoms with Gasteiger partial charge in [-0.25, -0.2) is 0 Å². The molecule has 0 aromatic carbocycles. The Morgan fingerprint density at radius 3 is 2.50 bits per heavy atom. The van der Waals surface area contributed by atoms with Gasteiger partial charge in [0.15, 0.2) is 6.29 Å². The first-order valence-electron chi connectivity index (χ1n) is 5.19. The van der Waals surface area contributed by atoms with Crippen molar-refractivity contribution in [1.82, 2.24) is 4.98 Å². The fourth-order valence-corrected chi connectivity index (χ4v) is 1.55. The number of hydrogen-bond donors (Lipinski definition) is 1. The lowest BCUT2D eigenvalue weighted by atomic mass is 9.93. The Morgan fingerprint density at radius 1 is 1.38 bits per heavy atom. The highest BCUT2D eigenvalue weighted by molar-refractivity contribution is 5.22. The van der Waals surface area contributed by atoms with E-state index in [2.05, 4.69) is 4.98 Å². The second kappa shape index (κ2) is 5.39. The molecule has 16 heavy (non-hydrogen) atoms. The molecule has 1 atom stereocenters. The van der Waals surface area contributed by atoms with E-state index in [4.69, 9.17) is 9.47 Å². The highest BCUT2D eigenvalue weighted by Crippen LogP contribution is 2.26. The van der Waals surface area contributed by atoms with Crippen LogP contribution in [0.5, 0.6) is 0 Å². The molecule has 1 N–H and O–H groups in total. The summed E-state index contributed by atoms with van der Waals surface area (Å²) in [5.74, 6) is 0. The summed E-state index contributed by atoms with van der Waals surface area (Å²) in [4.78, 5) is 4.07. The smallest absolute Gasteiger partial charge is 0.159 e. The molecule has 0 radical (unpaired) electrons. The monoisotopic (exact) mass is 225 g/mol. The molecule has 1 unspecified atom stereocenters. The van der Waals surface area contributed by atoms with Crippen molar-refractivity contribution < 1.29 is 14.6 Å². The van der Waals surface area contributed by atoms with E-state index in [0.29, 0.717) is 6.42 Å². The van der Waals surface area contributed by atoms with Crippen LogP contribution >= 0.6 is 0 Å². The van der Waals surface area contributed by atoms with Gasteiger partial charge in [-0.3, -0.25) is 4.98 Å². The van der Waals surface area contributed by atoms with Gasteiger partial charge in [-0.15, -0.1) is 0 Å². The molecule has 0 saturated carbocycles. The van der Waals surface area contributed by atoms with E-state index in [1.165, 1.54) is 0 Å². The van der Waals surface area contributed by atoms with Gasteiger partial charge < -0.3 is 14.6 Å². The first-order chi connectivity index (χ1) is 7.49. The number of rotatable bonds is 5. The largest absolute Gasteiger partial charge is 0.385 e. The molecule has 90 valence electrons. The molecule has 0 amide bonds. The lowest BCUT2D eigenvalue weighted by Crippen LogP contribution is -2.29. The SMILES string of the molecule is COC(CC(C)(O)c1cncc(C)c1)OC. The zero-order valence-electron chi connectivity index (χ0n) is 10.2. The summed E-state index contributed by atoms with van der Waals surface area (Å²) in [5, 5.41) is 10.3. The Morgan fingerprint density at radius 2 is 2.00 bits per heavy atom. The van der Waals surface area contributed by atoms with Crippen LogP contribution in [-0.2, 0) is 15.1 Å². The van der Waals surface area contributed by atoms with Crippen LogP contribution in [0, 0.1) is 6.92 Å². The molecule has 0 saturated heterocycles. The lowest BCUT2D eigenvalue weighted by Gasteiger charge is -2.27. The predicted molar refractivity (Wildman–Crippen MR) is 61.0 cm³/mol. The van der Waals surface area contributed by atoms with Crippen molar-refractivity contribution in [2.75, 3.05) is 14.2 Å². The molecule has 0 bridgehead atoms. The number of ether oxygens (including phenoxy) is 2. The summed E-state index contributed by atoms with van der Waals surface area (Å²) in [6.45, 7) is 3.67. The number of aliphatic hydroxyl groups is 1. The van der Waals surface area contributed by atoms with Crippen LogP contribution < -0.4 is 0 Å². The van der Waals surface area contributed by atoms with E-state index in [0.717, 1.165) is 11.1 Å². The Bertz CT molecular complexity index is 335. The minimum Gasteiger partial charge on any atom is -0.385 e. The quantitative estimate of drug-likeness (QED) is 0.773. The Balaban J connectivity index is 2.84. The van der Waals surface area contributed by atoms with Crippen molar-refractivity contribution in [3.63, 3.8) is 0 Å². The molecular formula is C12H19NO3. The highest BCUT2D eigenvalue weighted by atomic mass is 16.7. The van der Waals surface area contributed by atoms with E-state index >= 15 is 0 Å². The molecule has 4 nitrogen and oxygen atoms in total. The number of methoxy groups -OCH3 is 2. The van der Waals surface area contributed by atoms with Crippen LogP contribution in [-0.4, -0.2) is 30.6 Å². The van der Waals surface area contributed by atoms with E-state index < -0.39 is 11.9 Å². The van der Waals surface area contributed by atoms with Gasteiger partial charge in [0.1, 0.15) is 0 Å². The number of aryl methyl sites for hydroxylation is 1. The van der Waals surface area contributed by atoms with Crippen molar-refractivity contribution in [3.8, 4) is 0 Å². The van der Waals surface area contributed by atoms with Crippen LogP contribution in [0.3, 0.4) is 0 Å². The highest BCUT2D eigenvalue weighted by Gasteiger charge is 2.28. The van der Waals surface area contributed by atoms with Crippen LogP contribution in [0.1, 0.15) is 24.5 Å². The molecule has 1 aromatic rings. The fourth-order valence-electron chi connectivity index (χ4n) is 1.55. The van der Waals surface area contributed by atoms with Gasteiger partial charge in [0.2, 0.25) is 0 Å². The van der Waals surface area contributed by atoms with Crippen molar-refractivity contribution >= 4 is 0 Å². The summed E-state index contributed by atoms with van der Waals surface area (Å²) < 4.78 is 10.2. The van der Waals surface area contributed by atoms with Gasteiger partial charge in [-0.05, 0) is 19.4 Å². The zero-order chi connectivity index (χ0) is 12.2. The van der Waals surface area contributed by atoms with Gasteiger partial charge in [0.05, 0.1) is 5.60 Å². The van der Waals surface area contributed by atoms with Crippen LogP contribution in [0.15, 0.2) is 18.5 Å². The summed E-state index contributed by atoms with van der Waals surface area (Å²) in [7, 11) is 3.11. The van der Waals surface area contributed by atoms with Crippen molar-refractivity contribution in [1.29, 1.82) is 0 Å². The third kappa shape index (κ3) is 3.27. The average molecular weight is 225 g/mol. The summed E-state index contributed by atoms with van der Waals surface area (Å²) >= 11 is 0. The second-order valence-corrected chi connectivity index (χ2v) is 4.13. The molecule has 0 spiro atoms. The van der Waals surface area contributed by atoms with Gasteiger partial charge in [0.25, 0.3) is 0 Å². The van der Waals surface area contributed by atoms with Gasteiger partial charge >= 0.3 is 0 Å². The maximum atomic E-state index is 10.3. The maximum absolute atomic E-state index is 10.3. The van der Waals surface area contributed by atoms with E-state index in [1.807, 2.05) is 13.0 Å². The van der Waals surface area contributed by atoms with Gasteiger partial charge in [-0.1, -0.05) is 6.07 Å². The molecule has 4 heteroatoms. The number of hydrogen-bond acceptors (Lipinski definition) is 4. The molecule has 1 heterocycles. The molecule has 0 aliphatic heterocycles. The fraction of sp³-hybridized carbons (Fsp3) is 0.583. The minimum absolute atomic E-state index is 0.366. The van der Waals surface area contributed by atoms with Crippen LogP contribution in [0.4, 0.5) is 0 Å². The van der Waals surface area contributed by atoms with Crippen LogP contribution in [0.25, 0.3) is 0 Å². The van der Waals surface area contributed by atoms with Crippen molar-refractivity contribution in [3.05, 3.63) is 29.6 Å². The third-order valence-corrected chi connectivity index (χ3v) is 2.59. The zero-order valence-corrected chi connectivity index (χ0v) is 10.2. The summed E-state index contributed by atoms with van der Waals surface area (Å²) in [5.41, 5.74) is 0.783. The lowest BCUT2D eigenvalue weighted by molar-refractivity contribution is -0.142. The van der Waals surface area contributed by atoms with E-state index in [9.17, 15) is 5.11 Å². The number of nitrogens with zero attached hydrogens (tertiary/aromatic N) is 1. The molecule has 1 rings (SSSR count). The van der Waals surface area contributed by atoms with Crippen molar-refractivity contribution in [2.45, 2.75) is 32.2 Å².